The summed E-state index contributed by atoms with van der Waals surface area (Å²) < 4.78 is 6.32. The Hall–Kier alpha value is -0.670. The Bertz CT molecular complexity index is 573. The van der Waals surface area contributed by atoms with Crippen LogP contribution in [-0.4, -0.2) is 24.2 Å². The Labute approximate surface area is 144 Å². The zero-order valence-corrected chi connectivity index (χ0v) is 15.4. The minimum Gasteiger partial charge on any atom is -0.381 e. The first kappa shape index (κ1) is 15.8. The predicted molar refractivity (Wildman–Crippen MR) is 99.4 cm³/mol. The van der Waals surface area contributed by atoms with Gasteiger partial charge < -0.3 is 10.1 Å². The van der Waals surface area contributed by atoms with Gasteiger partial charge in [0.2, 0.25) is 0 Å². The lowest BCUT2D eigenvalue weighted by Crippen LogP contribution is -2.45. The van der Waals surface area contributed by atoms with Gasteiger partial charge in [0.05, 0.1) is 6.10 Å². The molecule has 126 valence electrons. The van der Waals surface area contributed by atoms with Crippen LogP contribution in [-0.2, 0) is 10.2 Å². The van der Waals surface area contributed by atoms with Crippen molar-refractivity contribution >= 4 is 17.4 Å². The molecule has 0 bridgehead atoms. The van der Waals surface area contributed by atoms with Crippen molar-refractivity contribution in [1.29, 1.82) is 0 Å². The molecular weight excluding hydrogens is 302 g/mol. The molecule has 3 heteroatoms. The molecule has 2 nitrogen and oxygen atoms in total. The first-order chi connectivity index (χ1) is 11.0. The van der Waals surface area contributed by atoms with Crippen LogP contribution >= 0.6 is 11.8 Å². The third-order valence-electron chi connectivity index (χ3n) is 5.85. The highest BCUT2D eigenvalue weighted by Crippen LogP contribution is 2.48. The highest BCUT2D eigenvalue weighted by molar-refractivity contribution is 7.99. The number of rotatable bonds is 1. The van der Waals surface area contributed by atoms with Crippen LogP contribution < -0.4 is 5.32 Å². The van der Waals surface area contributed by atoms with E-state index in [2.05, 4.69) is 56.0 Å². The SMILES string of the molecule is CC(C)(C)c1ccc2c(c1)[C@H]1OCCC[C@H]1[C@H](C1CCSC1)N2. The smallest absolute Gasteiger partial charge is 0.0892 e. The van der Waals surface area contributed by atoms with E-state index in [0.29, 0.717) is 18.1 Å². The zero-order chi connectivity index (χ0) is 16.0. The normalized spacial score (nSPS) is 33.7. The minimum atomic E-state index is 0.193. The van der Waals surface area contributed by atoms with E-state index in [-0.39, 0.29) is 5.41 Å². The summed E-state index contributed by atoms with van der Waals surface area (Å²) >= 11 is 2.12. The number of benzene rings is 1. The molecule has 1 unspecified atom stereocenters. The van der Waals surface area contributed by atoms with Gasteiger partial charge in [-0.2, -0.15) is 11.8 Å². The molecule has 0 saturated carbocycles. The van der Waals surface area contributed by atoms with Gasteiger partial charge in [0.25, 0.3) is 0 Å². The fraction of sp³-hybridized carbons (Fsp3) is 0.700. The van der Waals surface area contributed by atoms with Gasteiger partial charge in [-0.3, -0.25) is 0 Å². The molecule has 0 aliphatic carbocycles. The maximum absolute atomic E-state index is 6.32. The Kier molecular flexibility index (Phi) is 4.13. The molecule has 0 radical (unpaired) electrons. The first-order valence-electron chi connectivity index (χ1n) is 9.14. The largest absolute Gasteiger partial charge is 0.381 e. The second-order valence-electron chi connectivity index (χ2n) is 8.44. The topological polar surface area (TPSA) is 21.3 Å². The van der Waals surface area contributed by atoms with Crippen molar-refractivity contribution in [3.8, 4) is 0 Å². The third-order valence-corrected chi connectivity index (χ3v) is 7.04. The fourth-order valence-corrected chi connectivity index (χ4v) is 5.79. The molecule has 0 spiro atoms. The molecule has 4 rings (SSSR count). The summed E-state index contributed by atoms with van der Waals surface area (Å²) in [5.74, 6) is 4.10. The van der Waals surface area contributed by atoms with E-state index in [1.54, 1.807) is 0 Å². The molecule has 0 aromatic heterocycles. The maximum Gasteiger partial charge on any atom is 0.0892 e. The van der Waals surface area contributed by atoms with Crippen molar-refractivity contribution in [1.82, 2.24) is 0 Å². The van der Waals surface area contributed by atoms with E-state index < -0.39 is 0 Å². The molecule has 2 fully saturated rings. The van der Waals surface area contributed by atoms with Gasteiger partial charge in [-0.05, 0) is 53.7 Å². The number of anilines is 1. The van der Waals surface area contributed by atoms with Crippen molar-refractivity contribution in [2.24, 2.45) is 11.8 Å². The van der Waals surface area contributed by atoms with E-state index in [0.717, 1.165) is 12.5 Å². The van der Waals surface area contributed by atoms with Crippen molar-refractivity contribution in [3.05, 3.63) is 29.3 Å². The molecule has 2 saturated heterocycles. The Morgan fingerprint density at radius 1 is 1.22 bits per heavy atom. The van der Waals surface area contributed by atoms with Crippen LogP contribution in [0.3, 0.4) is 0 Å². The van der Waals surface area contributed by atoms with Crippen LogP contribution in [0.15, 0.2) is 18.2 Å². The predicted octanol–water partition coefficient (Wildman–Crippen LogP) is 5.00. The van der Waals surface area contributed by atoms with Crippen LogP contribution in [0.1, 0.15) is 57.3 Å². The lowest BCUT2D eigenvalue weighted by molar-refractivity contribution is -0.0428. The Morgan fingerprint density at radius 3 is 2.83 bits per heavy atom. The molecule has 23 heavy (non-hydrogen) atoms. The second kappa shape index (κ2) is 6.00. The van der Waals surface area contributed by atoms with E-state index in [4.69, 9.17) is 4.74 Å². The number of ether oxygens (including phenoxy) is 1. The summed E-state index contributed by atoms with van der Waals surface area (Å²) in [5, 5.41) is 3.92. The molecule has 3 aliphatic heterocycles. The van der Waals surface area contributed by atoms with Crippen LogP contribution in [0.2, 0.25) is 0 Å². The molecule has 3 aliphatic rings. The monoisotopic (exact) mass is 331 g/mol. The number of hydrogen-bond donors (Lipinski definition) is 1. The summed E-state index contributed by atoms with van der Waals surface area (Å²) in [4.78, 5) is 0. The molecular formula is C20H29NOS. The van der Waals surface area contributed by atoms with Gasteiger partial charge in [-0.25, -0.2) is 0 Å². The standard InChI is InChI=1S/C20H29NOS/c1-20(2,3)14-6-7-17-16(11-14)19-15(5-4-9-22-19)18(21-17)13-8-10-23-12-13/h6-7,11,13,15,18-19,21H,4-5,8-10,12H2,1-3H3/t13?,15-,18-,19-/m0/s1. The number of thioether (sulfide) groups is 1. The van der Waals surface area contributed by atoms with Gasteiger partial charge in [0.1, 0.15) is 0 Å². The van der Waals surface area contributed by atoms with Crippen molar-refractivity contribution < 1.29 is 4.74 Å². The van der Waals surface area contributed by atoms with Gasteiger partial charge >= 0.3 is 0 Å². The lowest BCUT2D eigenvalue weighted by atomic mass is 9.74. The maximum atomic E-state index is 6.32. The average molecular weight is 332 g/mol. The van der Waals surface area contributed by atoms with Gasteiger partial charge in [-0.1, -0.05) is 32.9 Å². The Balaban J connectivity index is 1.71. The second-order valence-corrected chi connectivity index (χ2v) is 9.59. The van der Waals surface area contributed by atoms with Gasteiger partial charge in [0.15, 0.2) is 0 Å². The molecule has 4 atom stereocenters. The number of fused-ring (bicyclic) bond motifs is 3. The van der Waals surface area contributed by atoms with Crippen LogP contribution in [0.4, 0.5) is 5.69 Å². The highest BCUT2D eigenvalue weighted by atomic mass is 32.2. The summed E-state index contributed by atoms with van der Waals surface area (Å²) in [5.41, 5.74) is 4.34. The molecule has 1 N–H and O–H groups in total. The summed E-state index contributed by atoms with van der Waals surface area (Å²) in [6.07, 6.45) is 4.19. The zero-order valence-electron chi connectivity index (χ0n) is 14.6. The number of nitrogens with one attached hydrogen (secondary N) is 1. The van der Waals surface area contributed by atoms with Crippen LogP contribution in [0.5, 0.6) is 0 Å². The Morgan fingerprint density at radius 2 is 2.09 bits per heavy atom. The van der Waals surface area contributed by atoms with Crippen molar-refractivity contribution in [3.63, 3.8) is 0 Å². The molecule has 0 amide bonds. The van der Waals surface area contributed by atoms with E-state index in [1.165, 1.54) is 47.6 Å². The first-order valence-corrected chi connectivity index (χ1v) is 10.3. The highest BCUT2D eigenvalue weighted by Gasteiger charge is 2.43. The van der Waals surface area contributed by atoms with Crippen molar-refractivity contribution in [2.45, 2.75) is 57.6 Å². The van der Waals surface area contributed by atoms with Crippen LogP contribution in [0.25, 0.3) is 0 Å². The van der Waals surface area contributed by atoms with Gasteiger partial charge in [0, 0.05) is 29.8 Å². The molecule has 1 aromatic carbocycles. The van der Waals surface area contributed by atoms with Crippen molar-refractivity contribution in [2.75, 3.05) is 23.4 Å². The van der Waals surface area contributed by atoms with Gasteiger partial charge in [-0.15, -0.1) is 0 Å². The van der Waals surface area contributed by atoms with Crippen LogP contribution in [0, 0.1) is 11.8 Å². The quantitative estimate of drug-likeness (QED) is 0.782. The average Bonchev–Trinajstić information content (AvgIpc) is 3.07. The van der Waals surface area contributed by atoms with E-state index in [1.807, 2.05) is 0 Å². The minimum absolute atomic E-state index is 0.193. The lowest BCUT2D eigenvalue weighted by Gasteiger charge is -2.45. The fourth-order valence-electron chi connectivity index (χ4n) is 4.48. The summed E-state index contributed by atoms with van der Waals surface area (Å²) in [6, 6.07) is 7.61. The molecule has 3 heterocycles. The third kappa shape index (κ3) is 2.91. The number of hydrogen-bond acceptors (Lipinski definition) is 3. The molecule has 1 aromatic rings. The van der Waals surface area contributed by atoms with E-state index in [9.17, 15) is 0 Å². The van der Waals surface area contributed by atoms with E-state index >= 15 is 0 Å². The summed E-state index contributed by atoms with van der Waals surface area (Å²) in [6.45, 7) is 7.81. The summed E-state index contributed by atoms with van der Waals surface area (Å²) in [7, 11) is 0.